The summed E-state index contributed by atoms with van der Waals surface area (Å²) in [7, 11) is 0. The molecule has 0 saturated heterocycles. The number of halogens is 1. The number of carbonyl (C=O) groups excluding carboxylic acids is 4. The van der Waals surface area contributed by atoms with Crippen LogP contribution in [0.25, 0.3) is 0 Å². The predicted molar refractivity (Wildman–Crippen MR) is 81.2 cm³/mol. The van der Waals surface area contributed by atoms with Crippen molar-refractivity contribution in [1.29, 1.82) is 0 Å². The van der Waals surface area contributed by atoms with Crippen LogP contribution in [0, 0.1) is 11.7 Å². The minimum absolute atomic E-state index is 0.163. The van der Waals surface area contributed by atoms with Gasteiger partial charge in [0.25, 0.3) is 11.8 Å². The van der Waals surface area contributed by atoms with Gasteiger partial charge in [0.1, 0.15) is 12.4 Å². The molecule has 1 aromatic carbocycles. The summed E-state index contributed by atoms with van der Waals surface area (Å²) in [5.41, 5.74) is 5.00. The Kier molecular flexibility index (Phi) is 6.84. The summed E-state index contributed by atoms with van der Waals surface area (Å²) < 4.78 is 17.7. The molecule has 4 N–H and O–H groups in total. The van der Waals surface area contributed by atoms with Crippen molar-refractivity contribution >= 4 is 23.8 Å². The van der Waals surface area contributed by atoms with Crippen LogP contribution in [0.3, 0.4) is 0 Å². The van der Waals surface area contributed by atoms with Gasteiger partial charge in [-0.25, -0.2) is 9.18 Å². The third-order valence-electron chi connectivity index (χ3n) is 2.87. The molecule has 0 aromatic heterocycles. The van der Waals surface area contributed by atoms with Crippen molar-refractivity contribution in [3.8, 4) is 0 Å². The molecule has 0 radical (unpaired) electrons. The van der Waals surface area contributed by atoms with Gasteiger partial charge in [-0.15, -0.1) is 0 Å². The molecule has 0 aliphatic heterocycles. The van der Waals surface area contributed by atoms with E-state index in [1.54, 1.807) is 13.8 Å². The average molecular weight is 339 g/mol. The Labute approximate surface area is 137 Å². The fourth-order valence-electron chi connectivity index (χ4n) is 1.72. The van der Waals surface area contributed by atoms with Crippen LogP contribution in [-0.4, -0.2) is 36.5 Å². The number of imide groups is 1. The van der Waals surface area contributed by atoms with Gasteiger partial charge in [-0.05, 0) is 30.2 Å². The van der Waals surface area contributed by atoms with Gasteiger partial charge in [-0.1, -0.05) is 13.8 Å². The molecule has 4 amide bonds. The number of hydrogen-bond acceptors (Lipinski definition) is 5. The van der Waals surface area contributed by atoms with Crippen LogP contribution in [0.15, 0.2) is 24.3 Å². The van der Waals surface area contributed by atoms with Crippen LogP contribution in [-0.2, 0) is 14.3 Å². The lowest BCUT2D eigenvalue weighted by Gasteiger charge is -2.19. The Balaban J connectivity index is 2.56. The molecule has 1 aromatic rings. The molecule has 130 valence electrons. The van der Waals surface area contributed by atoms with Crippen LogP contribution in [0.2, 0.25) is 0 Å². The average Bonchev–Trinajstić information content (AvgIpc) is 2.49. The Morgan fingerprint density at radius 1 is 1.17 bits per heavy atom. The fourth-order valence-corrected chi connectivity index (χ4v) is 1.72. The Bertz CT molecular complexity index is 631. The Morgan fingerprint density at radius 3 is 2.25 bits per heavy atom. The fraction of sp³-hybridized carbons (Fsp3) is 0.333. The number of hydrogen-bond donors (Lipinski definition) is 3. The Morgan fingerprint density at radius 2 is 1.75 bits per heavy atom. The second-order valence-electron chi connectivity index (χ2n) is 5.20. The molecular formula is C15H18FN3O5. The molecule has 0 bridgehead atoms. The van der Waals surface area contributed by atoms with Gasteiger partial charge in [0.15, 0.2) is 6.10 Å². The predicted octanol–water partition coefficient (Wildman–Crippen LogP) is 0.318. The van der Waals surface area contributed by atoms with Gasteiger partial charge < -0.3 is 15.8 Å². The molecule has 0 saturated carbocycles. The van der Waals surface area contributed by atoms with Gasteiger partial charge in [0, 0.05) is 5.56 Å². The maximum absolute atomic E-state index is 12.8. The minimum Gasteiger partial charge on any atom is -0.451 e. The number of esters is 1. The third-order valence-corrected chi connectivity index (χ3v) is 2.87. The van der Waals surface area contributed by atoms with E-state index in [4.69, 9.17) is 10.5 Å². The van der Waals surface area contributed by atoms with E-state index in [1.807, 2.05) is 5.32 Å². The molecule has 8 nitrogen and oxygen atoms in total. The summed E-state index contributed by atoms with van der Waals surface area (Å²) in [6.07, 6.45) is -1.23. The van der Waals surface area contributed by atoms with Crippen molar-refractivity contribution in [3.63, 3.8) is 0 Å². The lowest BCUT2D eigenvalue weighted by molar-refractivity contribution is -0.157. The first kappa shape index (κ1) is 19.1. The third kappa shape index (κ3) is 6.03. The second kappa shape index (κ2) is 8.61. The summed E-state index contributed by atoms with van der Waals surface area (Å²) >= 11 is 0. The van der Waals surface area contributed by atoms with E-state index in [1.165, 1.54) is 12.1 Å². The van der Waals surface area contributed by atoms with Crippen LogP contribution >= 0.6 is 0 Å². The van der Waals surface area contributed by atoms with Crippen molar-refractivity contribution < 1.29 is 28.3 Å². The molecule has 0 aliphatic carbocycles. The van der Waals surface area contributed by atoms with Crippen LogP contribution < -0.4 is 16.4 Å². The van der Waals surface area contributed by atoms with Crippen LogP contribution in [0.5, 0.6) is 0 Å². The van der Waals surface area contributed by atoms with Crippen molar-refractivity contribution in [2.24, 2.45) is 11.7 Å². The molecule has 0 aliphatic rings. The van der Waals surface area contributed by atoms with Gasteiger partial charge in [-0.3, -0.25) is 19.7 Å². The number of nitrogens with one attached hydrogen (secondary N) is 2. The van der Waals surface area contributed by atoms with Crippen LogP contribution in [0.4, 0.5) is 9.18 Å². The highest BCUT2D eigenvalue weighted by Crippen LogP contribution is 2.07. The van der Waals surface area contributed by atoms with Gasteiger partial charge >= 0.3 is 12.0 Å². The smallest absolute Gasteiger partial charge is 0.326 e. The van der Waals surface area contributed by atoms with E-state index in [9.17, 15) is 23.6 Å². The zero-order chi connectivity index (χ0) is 18.3. The topological polar surface area (TPSA) is 128 Å². The first-order valence-electron chi connectivity index (χ1n) is 7.04. The van der Waals surface area contributed by atoms with Crippen molar-refractivity contribution in [2.45, 2.75) is 20.0 Å². The minimum atomic E-state index is -1.23. The molecule has 1 rings (SSSR count). The first-order chi connectivity index (χ1) is 11.2. The monoisotopic (exact) mass is 339 g/mol. The molecule has 9 heteroatoms. The molecule has 0 fully saturated rings. The molecular weight excluding hydrogens is 321 g/mol. The van der Waals surface area contributed by atoms with E-state index >= 15 is 0 Å². The lowest BCUT2D eigenvalue weighted by atomic mass is 10.1. The maximum Gasteiger partial charge on any atom is 0.326 e. The SMILES string of the molecule is CC(C)[C@@H](OC(=O)CNC(=O)c1ccc(F)cc1)C(=O)NC(N)=O. The molecule has 1 atom stereocenters. The van der Waals surface area contributed by atoms with E-state index in [0.717, 1.165) is 12.1 Å². The molecule has 24 heavy (non-hydrogen) atoms. The van der Waals surface area contributed by atoms with Crippen molar-refractivity contribution in [1.82, 2.24) is 10.6 Å². The van der Waals surface area contributed by atoms with Crippen molar-refractivity contribution in [2.75, 3.05) is 6.54 Å². The standard InChI is InChI=1S/C15H18FN3O5/c1-8(2)12(14(22)19-15(17)23)24-11(20)7-18-13(21)9-3-5-10(16)6-4-9/h3-6,8,12H,7H2,1-2H3,(H,18,21)(H3,17,19,22,23)/t12-/m1/s1. The largest absolute Gasteiger partial charge is 0.451 e. The summed E-state index contributed by atoms with van der Waals surface area (Å²) in [6.45, 7) is 2.72. The van der Waals surface area contributed by atoms with E-state index < -0.39 is 48.2 Å². The molecule has 0 unspecified atom stereocenters. The highest BCUT2D eigenvalue weighted by molar-refractivity contribution is 5.98. The normalized spacial score (nSPS) is 11.5. The Hall–Kier alpha value is -2.97. The van der Waals surface area contributed by atoms with Gasteiger partial charge in [0.05, 0.1) is 0 Å². The number of urea groups is 1. The highest BCUT2D eigenvalue weighted by atomic mass is 19.1. The zero-order valence-corrected chi connectivity index (χ0v) is 13.2. The number of rotatable bonds is 6. The number of ether oxygens (including phenoxy) is 1. The summed E-state index contributed by atoms with van der Waals surface area (Å²) in [4.78, 5) is 45.9. The molecule has 0 heterocycles. The number of carbonyl (C=O) groups is 4. The zero-order valence-electron chi connectivity index (χ0n) is 13.2. The quantitative estimate of drug-likeness (QED) is 0.643. The van der Waals surface area contributed by atoms with Crippen LogP contribution in [0.1, 0.15) is 24.2 Å². The highest BCUT2D eigenvalue weighted by Gasteiger charge is 2.27. The summed E-state index contributed by atoms with van der Waals surface area (Å²) in [5.74, 6) is -3.23. The number of amides is 4. The van der Waals surface area contributed by atoms with E-state index in [0.29, 0.717) is 0 Å². The number of primary amides is 1. The van der Waals surface area contributed by atoms with Gasteiger partial charge in [-0.2, -0.15) is 0 Å². The molecule has 0 spiro atoms. The van der Waals surface area contributed by atoms with E-state index in [2.05, 4.69) is 5.32 Å². The maximum atomic E-state index is 12.8. The first-order valence-corrected chi connectivity index (χ1v) is 7.04. The van der Waals surface area contributed by atoms with Gasteiger partial charge in [0.2, 0.25) is 0 Å². The lowest BCUT2D eigenvalue weighted by Crippen LogP contribution is -2.46. The van der Waals surface area contributed by atoms with E-state index in [-0.39, 0.29) is 5.56 Å². The summed E-state index contributed by atoms with van der Waals surface area (Å²) in [5, 5.41) is 4.11. The van der Waals surface area contributed by atoms with Crippen molar-refractivity contribution in [3.05, 3.63) is 35.6 Å². The number of benzene rings is 1. The second-order valence-corrected chi connectivity index (χ2v) is 5.20. The number of nitrogens with two attached hydrogens (primary N) is 1. The summed E-state index contributed by atoms with van der Waals surface area (Å²) in [6, 6.07) is 3.67.